The first kappa shape index (κ1) is 18.4. The highest BCUT2D eigenvalue weighted by Gasteiger charge is 2.21. The van der Waals surface area contributed by atoms with Crippen LogP contribution in [-0.2, 0) is 4.79 Å². The first-order valence-electron chi connectivity index (χ1n) is 8.99. The lowest BCUT2D eigenvalue weighted by molar-refractivity contribution is -0.121. The van der Waals surface area contributed by atoms with Crippen molar-refractivity contribution >= 4 is 17.7 Å². The van der Waals surface area contributed by atoms with Gasteiger partial charge in [0.25, 0.3) is 0 Å². The first-order chi connectivity index (χ1) is 13.8. The second-order valence-electron chi connectivity index (χ2n) is 6.27. The number of nitrogens with zero attached hydrogens (tertiary/aromatic N) is 2. The molecule has 8 heteroatoms. The van der Waals surface area contributed by atoms with E-state index in [0.29, 0.717) is 13.0 Å². The number of rotatable bonds is 8. The van der Waals surface area contributed by atoms with Crippen molar-refractivity contribution < 1.29 is 14.3 Å². The number of hydrogen-bond acceptors (Lipinski definition) is 6. The molecule has 4 rings (SSSR count). The minimum Gasteiger partial charge on any atom is -0.454 e. The highest BCUT2D eigenvalue weighted by molar-refractivity contribution is 7.99. The van der Waals surface area contributed by atoms with E-state index in [2.05, 4.69) is 20.5 Å². The van der Waals surface area contributed by atoms with Crippen molar-refractivity contribution in [2.45, 2.75) is 17.5 Å². The largest absolute Gasteiger partial charge is 0.454 e. The number of benzene rings is 2. The molecule has 28 heavy (non-hydrogen) atoms. The number of aromatic amines is 1. The Bertz CT molecular complexity index is 918. The predicted molar refractivity (Wildman–Crippen MR) is 106 cm³/mol. The Hall–Kier alpha value is -3.00. The molecule has 0 aliphatic carbocycles. The molecule has 0 saturated heterocycles. The molecular formula is C20H20N4O3S. The summed E-state index contributed by atoms with van der Waals surface area (Å²) < 4.78 is 10.9. The number of nitrogens with one attached hydrogen (secondary N) is 2. The van der Waals surface area contributed by atoms with E-state index in [1.807, 2.05) is 48.5 Å². The average Bonchev–Trinajstić information content (AvgIpc) is 3.41. The van der Waals surface area contributed by atoms with Crippen LogP contribution in [0, 0.1) is 0 Å². The van der Waals surface area contributed by atoms with Crippen LogP contribution < -0.4 is 14.8 Å². The molecule has 0 saturated carbocycles. The molecule has 2 aromatic carbocycles. The fourth-order valence-corrected chi connectivity index (χ4v) is 3.74. The lowest BCUT2D eigenvalue weighted by atomic mass is 9.88. The van der Waals surface area contributed by atoms with Crippen molar-refractivity contribution in [2.75, 3.05) is 19.1 Å². The van der Waals surface area contributed by atoms with Crippen molar-refractivity contribution in [3.05, 3.63) is 66.0 Å². The topological polar surface area (TPSA) is 89.1 Å². The van der Waals surface area contributed by atoms with E-state index in [9.17, 15) is 4.79 Å². The van der Waals surface area contributed by atoms with Gasteiger partial charge in [0.2, 0.25) is 12.7 Å². The van der Waals surface area contributed by atoms with Crippen LogP contribution in [0.4, 0.5) is 0 Å². The fraction of sp³-hybridized carbons (Fsp3) is 0.250. The molecule has 2 N–H and O–H groups in total. The molecule has 0 radical (unpaired) electrons. The predicted octanol–water partition coefficient (Wildman–Crippen LogP) is 2.96. The summed E-state index contributed by atoms with van der Waals surface area (Å²) in [5.74, 6) is 2.13. The fourth-order valence-electron chi connectivity index (χ4n) is 3.10. The summed E-state index contributed by atoms with van der Waals surface area (Å²) in [4.78, 5) is 16.6. The maximum atomic E-state index is 12.6. The number of hydrogen-bond donors (Lipinski definition) is 2. The summed E-state index contributed by atoms with van der Waals surface area (Å²) in [5.41, 5.74) is 2.12. The van der Waals surface area contributed by atoms with E-state index in [1.54, 1.807) is 0 Å². The van der Waals surface area contributed by atoms with Crippen LogP contribution in [0.1, 0.15) is 23.5 Å². The summed E-state index contributed by atoms with van der Waals surface area (Å²) in [7, 11) is 0. The molecule has 144 valence electrons. The van der Waals surface area contributed by atoms with Gasteiger partial charge in [0, 0.05) is 24.6 Å². The van der Waals surface area contributed by atoms with Crippen molar-refractivity contribution in [3.63, 3.8) is 0 Å². The number of carbonyl (C=O) groups is 1. The number of carbonyl (C=O) groups excluding carboxylic acids is 1. The van der Waals surface area contributed by atoms with E-state index in [1.165, 1.54) is 18.1 Å². The zero-order chi connectivity index (χ0) is 19.2. The second-order valence-corrected chi connectivity index (χ2v) is 7.35. The van der Waals surface area contributed by atoms with Crippen LogP contribution in [0.5, 0.6) is 11.5 Å². The zero-order valence-corrected chi connectivity index (χ0v) is 15.9. The molecule has 1 aliphatic heterocycles. The van der Waals surface area contributed by atoms with Crippen LogP contribution in [-0.4, -0.2) is 40.2 Å². The highest BCUT2D eigenvalue weighted by atomic mass is 32.2. The normalized spacial score (nSPS) is 13.3. The molecule has 3 aromatic rings. The van der Waals surface area contributed by atoms with Gasteiger partial charge in [-0.15, -0.1) is 0 Å². The molecule has 1 amide bonds. The average molecular weight is 396 g/mol. The van der Waals surface area contributed by atoms with Gasteiger partial charge >= 0.3 is 0 Å². The SMILES string of the molecule is O=C(CC(c1ccccc1)c1ccc2c(c1)OCO2)NCCSc1ncn[nH]1. The number of ether oxygens (including phenoxy) is 2. The Morgan fingerprint density at radius 2 is 2.00 bits per heavy atom. The number of H-pyrrole nitrogens is 1. The van der Waals surface area contributed by atoms with Gasteiger partial charge in [-0.05, 0) is 23.3 Å². The van der Waals surface area contributed by atoms with Crippen molar-refractivity contribution in [2.24, 2.45) is 0 Å². The lowest BCUT2D eigenvalue weighted by Crippen LogP contribution is -2.27. The smallest absolute Gasteiger partial charge is 0.231 e. The van der Waals surface area contributed by atoms with Crippen LogP contribution in [0.2, 0.25) is 0 Å². The minimum absolute atomic E-state index is 0.00434. The van der Waals surface area contributed by atoms with E-state index in [0.717, 1.165) is 33.5 Å². The van der Waals surface area contributed by atoms with Gasteiger partial charge in [0.05, 0.1) is 0 Å². The molecule has 1 atom stereocenters. The van der Waals surface area contributed by atoms with E-state index < -0.39 is 0 Å². The second kappa shape index (κ2) is 8.79. The first-order valence-corrected chi connectivity index (χ1v) is 9.97. The van der Waals surface area contributed by atoms with Crippen molar-refractivity contribution in [1.82, 2.24) is 20.5 Å². The maximum absolute atomic E-state index is 12.6. The van der Waals surface area contributed by atoms with Crippen molar-refractivity contribution in [1.29, 1.82) is 0 Å². The molecule has 0 fully saturated rings. The maximum Gasteiger partial charge on any atom is 0.231 e. The van der Waals surface area contributed by atoms with E-state index in [4.69, 9.17) is 9.47 Å². The van der Waals surface area contributed by atoms with Crippen LogP contribution in [0.3, 0.4) is 0 Å². The Kier molecular flexibility index (Phi) is 5.77. The van der Waals surface area contributed by atoms with Gasteiger partial charge in [-0.25, -0.2) is 4.98 Å². The Morgan fingerprint density at radius 3 is 2.82 bits per heavy atom. The number of fused-ring (bicyclic) bond motifs is 1. The summed E-state index contributed by atoms with van der Waals surface area (Å²) >= 11 is 1.52. The quantitative estimate of drug-likeness (QED) is 0.450. The molecule has 1 aliphatic rings. The number of amides is 1. The summed E-state index contributed by atoms with van der Waals surface area (Å²) in [6.45, 7) is 0.797. The molecule has 1 aromatic heterocycles. The van der Waals surface area contributed by atoms with Crippen LogP contribution in [0.25, 0.3) is 0 Å². The van der Waals surface area contributed by atoms with Crippen LogP contribution >= 0.6 is 11.8 Å². The molecule has 7 nitrogen and oxygen atoms in total. The molecule has 1 unspecified atom stereocenters. The Labute approximate surface area is 166 Å². The van der Waals surface area contributed by atoms with Gasteiger partial charge in [0.1, 0.15) is 6.33 Å². The summed E-state index contributed by atoms with van der Waals surface area (Å²) in [5, 5.41) is 10.3. The molecular weight excluding hydrogens is 376 g/mol. The Morgan fingerprint density at radius 1 is 1.14 bits per heavy atom. The van der Waals surface area contributed by atoms with Gasteiger partial charge < -0.3 is 14.8 Å². The third-order valence-electron chi connectivity index (χ3n) is 4.45. The van der Waals surface area contributed by atoms with E-state index in [-0.39, 0.29) is 18.6 Å². The third-order valence-corrected chi connectivity index (χ3v) is 5.32. The monoisotopic (exact) mass is 396 g/mol. The minimum atomic E-state index is -0.0578. The van der Waals surface area contributed by atoms with Gasteiger partial charge in [-0.2, -0.15) is 5.10 Å². The van der Waals surface area contributed by atoms with E-state index >= 15 is 0 Å². The third kappa shape index (κ3) is 4.45. The highest BCUT2D eigenvalue weighted by Crippen LogP contribution is 2.37. The number of thioether (sulfide) groups is 1. The Balaban J connectivity index is 1.41. The van der Waals surface area contributed by atoms with Crippen molar-refractivity contribution in [3.8, 4) is 11.5 Å². The number of aromatic nitrogens is 3. The van der Waals surface area contributed by atoms with Gasteiger partial charge in [0.15, 0.2) is 16.7 Å². The van der Waals surface area contributed by atoms with Gasteiger partial charge in [-0.1, -0.05) is 48.2 Å². The lowest BCUT2D eigenvalue weighted by Gasteiger charge is -2.18. The van der Waals surface area contributed by atoms with Crippen LogP contribution in [0.15, 0.2) is 60.0 Å². The zero-order valence-electron chi connectivity index (χ0n) is 15.1. The molecule has 0 bridgehead atoms. The molecule has 0 spiro atoms. The summed E-state index contributed by atoms with van der Waals surface area (Å²) in [6, 6.07) is 15.9. The standard InChI is InChI=1S/C20H20N4O3S/c25-19(21-8-9-28-20-22-12-23-24-20)11-16(14-4-2-1-3-5-14)15-6-7-17-18(10-15)27-13-26-17/h1-7,10,12,16H,8-9,11,13H2,(H,21,25)(H,22,23,24). The molecule has 2 heterocycles. The summed E-state index contributed by atoms with van der Waals surface area (Å²) in [6.07, 6.45) is 1.83. The van der Waals surface area contributed by atoms with Gasteiger partial charge in [-0.3, -0.25) is 9.89 Å².